The number of anilines is 1. The van der Waals surface area contributed by atoms with E-state index in [1.54, 1.807) is 6.92 Å². The highest BCUT2D eigenvalue weighted by molar-refractivity contribution is 7.89. The molecule has 0 aliphatic rings. The van der Waals surface area contributed by atoms with Crippen molar-refractivity contribution in [2.24, 2.45) is 11.1 Å². The van der Waals surface area contributed by atoms with Crippen molar-refractivity contribution < 1.29 is 23.1 Å². The van der Waals surface area contributed by atoms with E-state index in [0.29, 0.717) is 6.42 Å². The van der Waals surface area contributed by atoms with Gasteiger partial charge in [-0.2, -0.15) is 0 Å². The highest BCUT2D eigenvalue weighted by Gasteiger charge is 2.16. The monoisotopic (exact) mass is 315 g/mol. The fraction of sp³-hybridized carbons (Fsp3) is 0.333. The van der Waals surface area contributed by atoms with Crippen LogP contribution >= 0.6 is 0 Å². The standard InChI is InChI=1S/C12H17N3O5S/c1-2-8(11(16)17)7-14-12(18)15-9-4-3-5-10(6-9)21(13,19)20/h3-6,8H,2,7H2,1H3,(H,16,17)(H2,13,19,20)(H2,14,15,18). The highest BCUT2D eigenvalue weighted by Crippen LogP contribution is 2.13. The number of hydrogen-bond donors (Lipinski definition) is 4. The normalized spacial score (nSPS) is 12.5. The number of carbonyl (C=O) groups is 2. The summed E-state index contributed by atoms with van der Waals surface area (Å²) >= 11 is 0. The molecule has 9 heteroatoms. The fourth-order valence-electron chi connectivity index (χ4n) is 1.55. The number of amides is 2. The zero-order valence-electron chi connectivity index (χ0n) is 11.4. The molecule has 1 rings (SSSR count). The molecular weight excluding hydrogens is 298 g/mol. The molecule has 0 saturated carbocycles. The lowest BCUT2D eigenvalue weighted by Crippen LogP contribution is -2.35. The number of carbonyl (C=O) groups excluding carboxylic acids is 1. The van der Waals surface area contributed by atoms with Crippen LogP contribution < -0.4 is 15.8 Å². The maximum absolute atomic E-state index is 11.6. The van der Waals surface area contributed by atoms with E-state index in [9.17, 15) is 18.0 Å². The van der Waals surface area contributed by atoms with Crippen molar-refractivity contribution in [3.63, 3.8) is 0 Å². The molecule has 0 radical (unpaired) electrons. The Bertz CT molecular complexity index is 630. The summed E-state index contributed by atoms with van der Waals surface area (Å²) in [5, 5.41) is 18.7. The lowest BCUT2D eigenvalue weighted by Gasteiger charge is -2.12. The Morgan fingerprint density at radius 3 is 2.57 bits per heavy atom. The van der Waals surface area contributed by atoms with Gasteiger partial charge < -0.3 is 15.7 Å². The summed E-state index contributed by atoms with van der Waals surface area (Å²) in [6.07, 6.45) is 0.385. The molecule has 8 nitrogen and oxygen atoms in total. The van der Waals surface area contributed by atoms with Crippen molar-refractivity contribution in [2.45, 2.75) is 18.2 Å². The van der Waals surface area contributed by atoms with Crippen LogP contribution in [0.2, 0.25) is 0 Å². The quantitative estimate of drug-likeness (QED) is 0.607. The smallest absolute Gasteiger partial charge is 0.319 e. The Morgan fingerprint density at radius 2 is 2.05 bits per heavy atom. The number of rotatable bonds is 6. The first kappa shape index (κ1) is 16.9. The minimum atomic E-state index is -3.85. The minimum absolute atomic E-state index is 0.0213. The predicted octanol–water partition coefficient (Wildman–Crippen LogP) is 0.566. The van der Waals surface area contributed by atoms with Gasteiger partial charge in [-0.25, -0.2) is 18.4 Å². The van der Waals surface area contributed by atoms with Crippen LogP contribution in [0.25, 0.3) is 0 Å². The molecule has 0 aliphatic heterocycles. The molecule has 0 bridgehead atoms. The van der Waals surface area contributed by atoms with E-state index < -0.39 is 27.9 Å². The van der Waals surface area contributed by atoms with E-state index in [0.717, 1.165) is 0 Å². The van der Waals surface area contributed by atoms with Gasteiger partial charge in [0.1, 0.15) is 0 Å². The molecular formula is C12H17N3O5S. The van der Waals surface area contributed by atoms with Crippen LogP contribution in [0.15, 0.2) is 29.2 Å². The molecule has 2 amide bonds. The van der Waals surface area contributed by atoms with Gasteiger partial charge in [0.2, 0.25) is 10.0 Å². The molecule has 116 valence electrons. The summed E-state index contributed by atoms with van der Waals surface area (Å²) in [6.45, 7) is 1.68. The maximum Gasteiger partial charge on any atom is 0.319 e. The van der Waals surface area contributed by atoms with Crippen molar-refractivity contribution >= 4 is 27.7 Å². The van der Waals surface area contributed by atoms with Gasteiger partial charge in [0.15, 0.2) is 0 Å². The summed E-state index contributed by atoms with van der Waals surface area (Å²) in [5.41, 5.74) is 0.238. The molecule has 0 spiro atoms. The number of carboxylic acids is 1. The first-order chi connectivity index (χ1) is 9.74. The molecule has 0 heterocycles. The second-order valence-corrected chi connectivity index (χ2v) is 5.91. The Hall–Kier alpha value is -2.13. The second-order valence-electron chi connectivity index (χ2n) is 4.35. The van der Waals surface area contributed by atoms with Gasteiger partial charge >= 0.3 is 12.0 Å². The fourth-order valence-corrected chi connectivity index (χ4v) is 2.11. The summed E-state index contributed by atoms with van der Waals surface area (Å²) in [6, 6.07) is 4.81. The summed E-state index contributed by atoms with van der Waals surface area (Å²) < 4.78 is 22.4. The molecule has 21 heavy (non-hydrogen) atoms. The van der Waals surface area contributed by atoms with Crippen LogP contribution in [0, 0.1) is 5.92 Å². The Labute approximate surface area is 122 Å². The minimum Gasteiger partial charge on any atom is -0.481 e. The summed E-state index contributed by atoms with van der Waals surface area (Å²) in [7, 11) is -3.85. The van der Waals surface area contributed by atoms with Gasteiger partial charge in [0.05, 0.1) is 10.8 Å². The van der Waals surface area contributed by atoms with Gasteiger partial charge in [-0.05, 0) is 24.6 Å². The average molecular weight is 315 g/mol. The Balaban J connectivity index is 2.65. The highest BCUT2D eigenvalue weighted by atomic mass is 32.2. The molecule has 0 aliphatic carbocycles. The molecule has 0 fully saturated rings. The second kappa shape index (κ2) is 7.04. The van der Waals surface area contributed by atoms with Crippen molar-refractivity contribution in [1.82, 2.24) is 5.32 Å². The van der Waals surface area contributed by atoms with Crippen molar-refractivity contribution in [3.8, 4) is 0 Å². The van der Waals surface area contributed by atoms with Crippen LogP contribution in [-0.2, 0) is 14.8 Å². The molecule has 1 aromatic carbocycles. The maximum atomic E-state index is 11.6. The van der Waals surface area contributed by atoms with Gasteiger partial charge in [0.25, 0.3) is 0 Å². The van der Waals surface area contributed by atoms with Crippen LogP contribution in [0.5, 0.6) is 0 Å². The summed E-state index contributed by atoms with van der Waals surface area (Å²) in [4.78, 5) is 22.3. The van der Waals surface area contributed by atoms with Gasteiger partial charge in [-0.1, -0.05) is 13.0 Å². The third kappa shape index (κ3) is 5.40. The topological polar surface area (TPSA) is 139 Å². The molecule has 5 N–H and O–H groups in total. The zero-order chi connectivity index (χ0) is 16.0. The number of primary sulfonamides is 1. The number of aliphatic carboxylic acids is 1. The number of urea groups is 1. The van der Waals surface area contributed by atoms with Crippen LogP contribution in [0.1, 0.15) is 13.3 Å². The van der Waals surface area contributed by atoms with Gasteiger partial charge in [-0.15, -0.1) is 0 Å². The van der Waals surface area contributed by atoms with E-state index in [1.165, 1.54) is 24.3 Å². The molecule has 0 saturated heterocycles. The third-order valence-electron chi connectivity index (χ3n) is 2.77. The number of carboxylic acid groups (broad SMARTS) is 1. The number of hydrogen-bond acceptors (Lipinski definition) is 4. The SMILES string of the molecule is CCC(CNC(=O)Nc1cccc(S(N)(=O)=O)c1)C(=O)O. The number of nitrogens with one attached hydrogen (secondary N) is 2. The molecule has 1 aromatic rings. The number of nitrogens with two attached hydrogens (primary N) is 1. The first-order valence-corrected chi connectivity index (χ1v) is 7.69. The van der Waals surface area contributed by atoms with Crippen molar-refractivity contribution in [2.75, 3.05) is 11.9 Å². The lowest BCUT2D eigenvalue weighted by molar-refractivity contribution is -0.141. The number of benzene rings is 1. The van der Waals surface area contributed by atoms with E-state index in [-0.39, 0.29) is 17.1 Å². The van der Waals surface area contributed by atoms with Crippen molar-refractivity contribution in [3.05, 3.63) is 24.3 Å². The first-order valence-electron chi connectivity index (χ1n) is 6.14. The third-order valence-corrected chi connectivity index (χ3v) is 3.68. The van der Waals surface area contributed by atoms with E-state index in [4.69, 9.17) is 10.2 Å². The van der Waals surface area contributed by atoms with Gasteiger partial charge in [0, 0.05) is 12.2 Å². The average Bonchev–Trinajstić information content (AvgIpc) is 2.38. The largest absolute Gasteiger partial charge is 0.481 e. The summed E-state index contributed by atoms with van der Waals surface area (Å²) in [5.74, 6) is -1.67. The molecule has 0 aromatic heterocycles. The molecule has 1 unspecified atom stereocenters. The van der Waals surface area contributed by atoms with Crippen LogP contribution in [0.4, 0.5) is 10.5 Å². The Kier molecular flexibility index (Phi) is 5.68. The molecule has 1 atom stereocenters. The predicted molar refractivity (Wildman–Crippen MR) is 76.3 cm³/mol. The van der Waals surface area contributed by atoms with Crippen molar-refractivity contribution in [1.29, 1.82) is 0 Å². The lowest BCUT2D eigenvalue weighted by atomic mass is 10.1. The van der Waals surface area contributed by atoms with E-state index >= 15 is 0 Å². The number of sulfonamides is 1. The van der Waals surface area contributed by atoms with E-state index in [1.807, 2.05) is 0 Å². The Morgan fingerprint density at radius 1 is 1.38 bits per heavy atom. The van der Waals surface area contributed by atoms with E-state index in [2.05, 4.69) is 10.6 Å². The zero-order valence-corrected chi connectivity index (χ0v) is 12.2. The van der Waals surface area contributed by atoms with Gasteiger partial charge in [-0.3, -0.25) is 4.79 Å². The van der Waals surface area contributed by atoms with Crippen LogP contribution in [0.3, 0.4) is 0 Å². The van der Waals surface area contributed by atoms with Crippen LogP contribution in [-0.4, -0.2) is 32.1 Å².